The zero-order valence-corrected chi connectivity index (χ0v) is 46.7. The summed E-state index contributed by atoms with van der Waals surface area (Å²) in [6, 6.07) is 13.1. The molecule has 0 unspecified atom stereocenters. The second-order valence-corrected chi connectivity index (χ2v) is 20.5. The van der Waals surface area contributed by atoms with E-state index in [1.54, 1.807) is 20.8 Å². The fraction of sp³-hybridized carbons (Fsp3) is 0.340. The molecule has 2 aromatic heterocycles. The molecule has 0 radical (unpaired) electrons. The van der Waals surface area contributed by atoms with Crippen molar-refractivity contribution in [3.05, 3.63) is 94.6 Å². The highest BCUT2D eigenvalue weighted by Gasteiger charge is 2.53. The number of aromatic nitrogens is 4. The standard InChI is InChI=1S/C29H27F4N5O6S.C24H19F4N5O4S/c1-27(2,3)44-26(40)43-10-9-42-22-18-11-17(13-20(30)21(18)35-24(36-22)41-6)38-25(45)37(23(39)28(38,4)5)16-8-7-15(14-34)19(12-16)29(31,32)33;1-23(2)20(35)32(13-5-4-12(11-29)16(9-13)24(26,27)28)22(38)33(23)14-8-15-18(17(25)10-14)30-21(36-3)31-19(15)37-7-6-34/h7-8,11-13H,9-10H2,1-6H3;4-5,8-10,34H,6-7H2,1-3H3. The number of benzene rings is 4. The summed E-state index contributed by atoms with van der Waals surface area (Å²) in [6.07, 6.45) is -10.7. The predicted molar refractivity (Wildman–Crippen MR) is 288 cm³/mol. The highest BCUT2D eigenvalue weighted by atomic mass is 32.1. The Hall–Kier alpha value is -8.87. The Morgan fingerprint density at radius 1 is 0.627 bits per heavy atom. The van der Waals surface area contributed by atoms with Gasteiger partial charge in [-0.05, 0) is 134 Å². The van der Waals surface area contributed by atoms with Crippen LogP contribution in [0.4, 0.5) is 62.7 Å². The van der Waals surface area contributed by atoms with Gasteiger partial charge in [-0.2, -0.15) is 56.8 Å². The number of hydrogen-bond acceptors (Lipinski definition) is 18. The van der Waals surface area contributed by atoms with Crippen LogP contribution in [0.25, 0.3) is 21.8 Å². The Balaban J connectivity index is 0.000000242. The molecule has 2 aliphatic heterocycles. The summed E-state index contributed by atoms with van der Waals surface area (Å²) in [5.41, 5.74) is -8.12. The molecule has 2 aliphatic rings. The van der Waals surface area contributed by atoms with E-state index >= 15 is 8.78 Å². The molecule has 6 aromatic rings. The number of ether oxygens (including phenoxy) is 6. The Kier molecular flexibility index (Phi) is 17.2. The van der Waals surface area contributed by atoms with Crippen molar-refractivity contribution in [2.75, 3.05) is 60.2 Å². The Morgan fingerprint density at radius 2 is 1.02 bits per heavy atom. The predicted octanol–water partition coefficient (Wildman–Crippen LogP) is 9.87. The highest BCUT2D eigenvalue weighted by Crippen LogP contribution is 2.44. The van der Waals surface area contributed by atoms with Crippen molar-refractivity contribution in [1.82, 2.24) is 19.9 Å². The number of aliphatic hydroxyl groups is 1. The van der Waals surface area contributed by atoms with Gasteiger partial charge in [-0.15, -0.1) is 0 Å². The largest absolute Gasteiger partial charge is 0.508 e. The van der Waals surface area contributed by atoms with Gasteiger partial charge in [0.15, 0.2) is 21.9 Å². The number of aliphatic hydroxyl groups excluding tert-OH is 1. The maximum absolute atomic E-state index is 15.6. The van der Waals surface area contributed by atoms with E-state index in [-0.39, 0.29) is 105 Å². The van der Waals surface area contributed by atoms with E-state index in [9.17, 15) is 40.7 Å². The van der Waals surface area contributed by atoms with E-state index in [0.29, 0.717) is 12.1 Å². The van der Waals surface area contributed by atoms with Crippen LogP contribution in [0.1, 0.15) is 70.7 Å². The molecule has 2 saturated heterocycles. The number of thiocarbonyl (C=S) groups is 2. The lowest BCUT2D eigenvalue weighted by atomic mass is 10.0. The normalized spacial score (nSPS) is 15.0. The summed E-state index contributed by atoms with van der Waals surface area (Å²) in [5.74, 6) is -3.35. The zero-order chi connectivity index (χ0) is 61.5. The van der Waals surface area contributed by atoms with Gasteiger partial charge in [0.1, 0.15) is 47.5 Å². The first-order chi connectivity index (χ1) is 38.7. The second kappa shape index (κ2) is 23.2. The fourth-order valence-corrected chi connectivity index (χ4v) is 9.57. The summed E-state index contributed by atoms with van der Waals surface area (Å²) in [5, 5.41) is 27.1. The van der Waals surface area contributed by atoms with Gasteiger partial charge in [0.05, 0.1) is 77.4 Å². The number of alkyl halides is 6. The maximum Gasteiger partial charge on any atom is 0.508 e. The third-order valence-corrected chi connectivity index (χ3v) is 13.0. The number of methoxy groups -OCH3 is 2. The van der Waals surface area contributed by atoms with Gasteiger partial charge >= 0.3 is 30.5 Å². The number of hydrogen-bond donors (Lipinski definition) is 1. The fourth-order valence-electron chi connectivity index (χ4n) is 8.52. The Labute approximate surface area is 477 Å². The number of carbonyl (C=O) groups excluding carboxylic acids is 3. The third kappa shape index (κ3) is 12.3. The lowest BCUT2D eigenvalue weighted by molar-refractivity contribution is -0.138. The number of anilines is 4. The van der Waals surface area contributed by atoms with E-state index in [4.69, 9.17) is 68.5 Å². The molecule has 0 saturated carbocycles. The quantitative estimate of drug-likeness (QED) is 0.0490. The van der Waals surface area contributed by atoms with Gasteiger partial charge in [0, 0.05) is 11.4 Å². The molecule has 4 heterocycles. The molecule has 30 heteroatoms. The molecule has 2 amide bonds. The van der Waals surface area contributed by atoms with E-state index in [0.717, 1.165) is 34.1 Å². The molecule has 436 valence electrons. The molecule has 2 fully saturated rings. The second-order valence-electron chi connectivity index (χ2n) is 19.7. The van der Waals surface area contributed by atoms with Crippen LogP contribution in [0.5, 0.6) is 23.8 Å². The van der Waals surface area contributed by atoms with Gasteiger partial charge in [0.25, 0.3) is 11.8 Å². The number of amides is 2. The molecule has 20 nitrogen and oxygen atoms in total. The summed E-state index contributed by atoms with van der Waals surface area (Å²) >= 11 is 11.1. The van der Waals surface area contributed by atoms with Crippen LogP contribution in [-0.2, 0) is 31.4 Å². The molecule has 0 spiro atoms. The molecule has 0 bridgehead atoms. The number of nitriles is 2. The summed E-state index contributed by atoms with van der Waals surface area (Å²) in [4.78, 5) is 59.5. The highest BCUT2D eigenvalue weighted by molar-refractivity contribution is 7.81. The van der Waals surface area contributed by atoms with Crippen molar-refractivity contribution in [2.24, 2.45) is 0 Å². The SMILES string of the molecule is COc1nc(OCCO)c2cc(N3C(=S)N(c4ccc(C#N)c(C(F)(F)F)c4)C(=O)C3(C)C)cc(F)c2n1.COc1nc(OCCOC(=O)OC(C)(C)C)c2cc(N3C(=S)N(c4ccc(C#N)c(C(F)(F)F)c4)C(=O)C3(C)C)cc(F)c2n1. The number of nitrogens with zero attached hydrogens (tertiary/aromatic N) is 10. The average Bonchev–Trinajstić information content (AvgIpc) is 3.74. The van der Waals surface area contributed by atoms with E-state index in [2.05, 4.69) is 19.9 Å². The van der Waals surface area contributed by atoms with Gasteiger partial charge < -0.3 is 43.3 Å². The molecule has 8 rings (SSSR count). The van der Waals surface area contributed by atoms with Gasteiger partial charge in [-0.25, -0.2) is 13.6 Å². The summed E-state index contributed by atoms with van der Waals surface area (Å²) in [6.45, 7) is 9.90. The van der Waals surface area contributed by atoms with Gasteiger partial charge in [-0.1, -0.05) is 0 Å². The molecule has 83 heavy (non-hydrogen) atoms. The average molecular weight is 1200 g/mol. The zero-order valence-electron chi connectivity index (χ0n) is 45.0. The molecule has 0 atom stereocenters. The summed E-state index contributed by atoms with van der Waals surface area (Å²) < 4.78 is 144. The first-order valence-electron chi connectivity index (χ1n) is 24.2. The number of fused-ring (bicyclic) bond motifs is 2. The molecular formula is C53H46F8N10O10S2. The van der Waals surface area contributed by atoms with Crippen LogP contribution in [0.2, 0.25) is 0 Å². The Bertz CT molecular complexity index is 3720. The van der Waals surface area contributed by atoms with Crippen molar-refractivity contribution < 1.29 is 83.0 Å². The van der Waals surface area contributed by atoms with Crippen molar-refractivity contribution >= 4 is 97.2 Å². The van der Waals surface area contributed by atoms with Crippen molar-refractivity contribution in [3.8, 4) is 35.9 Å². The number of halogens is 8. The molecule has 1 N–H and O–H groups in total. The lowest BCUT2D eigenvalue weighted by Gasteiger charge is -2.29. The van der Waals surface area contributed by atoms with E-state index < -0.39 is 80.9 Å². The molecule has 0 aliphatic carbocycles. The van der Waals surface area contributed by atoms with Crippen LogP contribution in [0.3, 0.4) is 0 Å². The topological polar surface area (TPSA) is 239 Å². The van der Waals surface area contributed by atoms with Crippen LogP contribution >= 0.6 is 24.4 Å². The van der Waals surface area contributed by atoms with Crippen LogP contribution in [0.15, 0.2) is 60.7 Å². The van der Waals surface area contributed by atoms with E-state index in [1.165, 1.54) is 88.1 Å². The van der Waals surface area contributed by atoms with Gasteiger partial charge in [0.2, 0.25) is 11.8 Å². The van der Waals surface area contributed by atoms with E-state index in [1.807, 2.05) is 0 Å². The van der Waals surface area contributed by atoms with Crippen molar-refractivity contribution in [2.45, 2.75) is 77.5 Å². The summed E-state index contributed by atoms with van der Waals surface area (Å²) in [7, 11) is 2.55. The minimum Gasteiger partial charge on any atom is -0.475 e. The number of rotatable bonds is 13. The molecule has 4 aromatic carbocycles. The van der Waals surface area contributed by atoms with Crippen LogP contribution < -0.4 is 38.5 Å². The van der Waals surface area contributed by atoms with Crippen LogP contribution in [0, 0.1) is 34.3 Å². The van der Waals surface area contributed by atoms with Crippen LogP contribution in [-0.4, -0.2) is 111 Å². The maximum atomic E-state index is 15.6. The molecular weight excluding hydrogens is 1150 g/mol. The first kappa shape index (κ1) is 61.7. The monoisotopic (exact) mass is 1200 g/mol. The van der Waals surface area contributed by atoms with Crippen molar-refractivity contribution in [1.29, 1.82) is 10.5 Å². The van der Waals surface area contributed by atoms with Gasteiger partial charge in [-0.3, -0.25) is 19.4 Å². The first-order valence-corrected chi connectivity index (χ1v) is 25.0. The smallest absolute Gasteiger partial charge is 0.475 e. The van der Waals surface area contributed by atoms with Crippen molar-refractivity contribution in [3.63, 3.8) is 0 Å². The minimum atomic E-state index is -4.88. The Morgan fingerprint density at radius 3 is 1.37 bits per heavy atom. The minimum absolute atomic E-state index is 0.0327. The third-order valence-electron chi connectivity index (χ3n) is 12.2. The lowest BCUT2D eigenvalue weighted by Crippen LogP contribution is -2.44. The number of carbonyl (C=O) groups is 3.